The van der Waals surface area contributed by atoms with E-state index in [0.29, 0.717) is 5.16 Å². The van der Waals surface area contributed by atoms with Gasteiger partial charge in [0.05, 0.1) is 11.5 Å². The number of amides is 1. The second kappa shape index (κ2) is 6.80. The number of rotatable bonds is 5. The maximum Gasteiger partial charge on any atom is 0.250 e. The van der Waals surface area contributed by atoms with Crippen LogP contribution in [0.5, 0.6) is 0 Å². The van der Waals surface area contributed by atoms with E-state index in [1.165, 1.54) is 11.8 Å². The number of hydrogen-bond acceptors (Lipinski definition) is 6. The molecule has 0 fully saturated rings. The van der Waals surface area contributed by atoms with E-state index in [1.807, 2.05) is 26.1 Å². The number of nitrogens with zero attached hydrogens (tertiary/aromatic N) is 5. The van der Waals surface area contributed by atoms with Crippen LogP contribution in [-0.2, 0) is 11.8 Å². The van der Waals surface area contributed by atoms with Gasteiger partial charge in [-0.3, -0.25) is 9.78 Å². The minimum atomic E-state index is -0.189. The van der Waals surface area contributed by atoms with Crippen molar-refractivity contribution in [3.05, 3.63) is 36.4 Å². The van der Waals surface area contributed by atoms with Gasteiger partial charge >= 0.3 is 0 Å². The number of hydrazone groups is 1. The molecular weight excluding hydrogens is 276 g/mol. The van der Waals surface area contributed by atoms with E-state index in [4.69, 9.17) is 0 Å². The smallest absolute Gasteiger partial charge is 0.250 e. The van der Waals surface area contributed by atoms with Crippen LogP contribution in [0, 0.1) is 0 Å². The second-order valence-electron chi connectivity index (χ2n) is 3.98. The normalized spacial score (nSPS) is 11.4. The van der Waals surface area contributed by atoms with Crippen LogP contribution < -0.4 is 5.43 Å². The third-order valence-electron chi connectivity index (χ3n) is 2.45. The molecule has 20 heavy (non-hydrogen) atoms. The van der Waals surface area contributed by atoms with Crippen LogP contribution in [0.4, 0.5) is 0 Å². The Hall–Kier alpha value is -2.22. The van der Waals surface area contributed by atoms with Gasteiger partial charge in [0, 0.05) is 25.0 Å². The van der Waals surface area contributed by atoms with Crippen LogP contribution in [0.15, 0.2) is 41.1 Å². The lowest BCUT2D eigenvalue weighted by Gasteiger charge is -2.02. The van der Waals surface area contributed by atoms with Crippen molar-refractivity contribution in [1.29, 1.82) is 0 Å². The molecule has 2 rings (SSSR count). The standard InChI is InChI=1S/C12H14N6OS/c1-9(10-3-5-13-6-4-10)15-16-11(19)7-20-12-17-14-8-18(12)2/h3-6,8H,7H2,1-2H3,(H,16,19). The van der Waals surface area contributed by atoms with E-state index < -0.39 is 0 Å². The Morgan fingerprint density at radius 2 is 2.20 bits per heavy atom. The average molecular weight is 290 g/mol. The first-order valence-electron chi connectivity index (χ1n) is 5.87. The summed E-state index contributed by atoms with van der Waals surface area (Å²) in [6, 6.07) is 3.67. The Morgan fingerprint density at radius 1 is 1.45 bits per heavy atom. The largest absolute Gasteiger partial charge is 0.312 e. The molecule has 0 unspecified atom stereocenters. The molecule has 0 bridgehead atoms. The van der Waals surface area contributed by atoms with Crippen LogP contribution in [0.3, 0.4) is 0 Å². The zero-order valence-electron chi connectivity index (χ0n) is 11.1. The van der Waals surface area contributed by atoms with Gasteiger partial charge in [0.1, 0.15) is 6.33 Å². The Balaban J connectivity index is 1.85. The number of thioether (sulfide) groups is 1. The summed E-state index contributed by atoms with van der Waals surface area (Å²) in [6.07, 6.45) is 4.95. The van der Waals surface area contributed by atoms with Crippen molar-refractivity contribution < 1.29 is 4.79 Å². The van der Waals surface area contributed by atoms with Crippen molar-refractivity contribution in [1.82, 2.24) is 25.2 Å². The molecule has 0 saturated carbocycles. The highest BCUT2D eigenvalue weighted by Gasteiger charge is 2.06. The Bertz CT molecular complexity index is 609. The zero-order valence-corrected chi connectivity index (χ0v) is 12.0. The first kappa shape index (κ1) is 14.2. The van der Waals surface area contributed by atoms with Crippen LogP contribution in [0.2, 0.25) is 0 Å². The summed E-state index contributed by atoms with van der Waals surface area (Å²) in [4.78, 5) is 15.6. The number of aryl methyl sites for hydroxylation is 1. The van der Waals surface area contributed by atoms with Crippen LogP contribution in [0.25, 0.3) is 0 Å². The number of pyridine rings is 1. The van der Waals surface area contributed by atoms with Crippen molar-refractivity contribution in [2.24, 2.45) is 12.1 Å². The van der Waals surface area contributed by atoms with E-state index in [9.17, 15) is 4.79 Å². The highest BCUT2D eigenvalue weighted by atomic mass is 32.2. The molecule has 2 aromatic heterocycles. The van der Waals surface area contributed by atoms with Crippen LogP contribution >= 0.6 is 11.8 Å². The molecule has 2 heterocycles. The molecule has 8 heteroatoms. The van der Waals surface area contributed by atoms with Gasteiger partial charge < -0.3 is 4.57 Å². The number of nitrogens with one attached hydrogen (secondary N) is 1. The van der Waals surface area contributed by atoms with E-state index >= 15 is 0 Å². The maximum absolute atomic E-state index is 11.7. The summed E-state index contributed by atoms with van der Waals surface area (Å²) < 4.78 is 1.75. The molecule has 0 atom stereocenters. The molecule has 0 spiro atoms. The zero-order chi connectivity index (χ0) is 14.4. The molecular formula is C12H14N6OS. The van der Waals surface area contributed by atoms with E-state index in [1.54, 1.807) is 23.3 Å². The first-order valence-corrected chi connectivity index (χ1v) is 6.85. The van der Waals surface area contributed by atoms with Gasteiger partial charge in [-0.1, -0.05) is 11.8 Å². The lowest BCUT2D eigenvalue weighted by Crippen LogP contribution is -2.21. The molecule has 1 amide bonds. The summed E-state index contributed by atoms with van der Waals surface area (Å²) in [6.45, 7) is 1.82. The van der Waals surface area contributed by atoms with E-state index in [2.05, 4.69) is 25.7 Å². The quantitative estimate of drug-likeness (QED) is 0.501. The fourth-order valence-electron chi connectivity index (χ4n) is 1.37. The predicted octanol–water partition coefficient (Wildman–Crippen LogP) is 0.843. The SMILES string of the molecule is CC(=NNC(=O)CSc1nncn1C)c1ccncc1. The van der Waals surface area contributed by atoms with Gasteiger partial charge in [-0.25, -0.2) is 5.43 Å². The van der Waals surface area contributed by atoms with Gasteiger partial charge in [-0.05, 0) is 19.1 Å². The molecule has 1 N–H and O–H groups in total. The van der Waals surface area contributed by atoms with Crippen LogP contribution in [0.1, 0.15) is 12.5 Å². The summed E-state index contributed by atoms with van der Waals surface area (Å²) >= 11 is 1.31. The lowest BCUT2D eigenvalue weighted by molar-refractivity contribution is -0.118. The molecule has 0 saturated heterocycles. The van der Waals surface area contributed by atoms with E-state index in [0.717, 1.165) is 11.3 Å². The molecule has 0 aliphatic rings. The van der Waals surface area contributed by atoms with Gasteiger partial charge in [0.25, 0.3) is 5.91 Å². The Kier molecular flexibility index (Phi) is 4.83. The lowest BCUT2D eigenvalue weighted by atomic mass is 10.2. The van der Waals surface area contributed by atoms with Gasteiger partial charge in [0.15, 0.2) is 5.16 Å². The van der Waals surface area contributed by atoms with Crippen molar-refractivity contribution >= 4 is 23.4 Å². The molecule has 104 valence electrons. The summed E-state index contributed by atoms with van der Waals surface area (Å²) in [7, 11) is 1.83. The Morgan fingerprint density at radius 3 is 2.85 bits per heavy atom. The third-order valence-corrected chi connectivity index (χ3v) is 3.48. The molecule has 0 aliphatic heterocycles. The molecule has 2 aromatic rings. The fourth-order valence-corrected chi connectivity index (χ4v) is 2.05. The monoisotopic (exact) mass is 290 g/mol. The highest BCUT2D eigenvalue weighted by molar-refractivity contribution is 7.99. The summed E-state index contributed by atoms with van der Waals surface area (Å²) in [5, 5.41) is 12.4. The Labute approximate surface area is 120 Å². The fraction of sp³-hybridized carbons (Fsp3) is 0.250. The van der Waals surface area contributed by atoms with Crippen molar-refractivity contribution in [2.45, 2.75) is 12.1 Å². The number of carbonyl (C=O) groups is 1. The molecule has 0 radical (unpaired) electrons. The number of hydrogen-bond donors (Lipinski definition) is 1. The average Bonchev–Trinajstić information content (AvgIpc) is 2.89. The summed E-state index contributed by atoms with van der Waals surface area (Å²) in [5.41, 5.74) is 4.16. The van der Waals surface area contributed by atoms with Gasteiger partial charge in [-0.2, -0.15) is 5.10 Å². The topological polar surface area (TPSA) is 85.1 Å². The first-order chi connectivity index (χ1) is 9.66. The van der Waals surface area contributed by atoms with Crippen LogP contribution in [-0.4, -0.2) is 37.1 Å². The van der Waals surface area contributed by atoms with Crippen molar-refractivity contribution in [2.75, 3.05) is 5.75 Å². The third kappa shape index (κ3) is 3.89. The van der Waals surface area contributed by atoms with Crippen molar-refractivity contribution in [3.8, 4) is 0 Å². The number of aromatic nitrogens is 4. The minimum absolute atomic E-state index is 0.189. The summed E-state index contributed by atoms with van der Waals surface area (Å²) in [5.74, 6) is 0.0473. The minimum Gasteiger partial charge on any atom is -0.312 e. The predicted molar refractivity (Wildman–Crippen MR) is 76.3 cm³/mol. The van der Waals surface area contributed by atoms with E-state index in [-0.39, 0.29) is 11.7 Å². The number of carbonyl (C=O) groups excluding carboxylic acids is 1. The van der Waals surface area contributed by atoms with Crippen molar-refractivity contribution in [3.63, 3.8) is 0 Å². The molecule has 0 aliphatic carbocycles. The second-order valence-corrected chi connectivity index (χ2v) is 4.92. The maximum atomic E-state index is 11.7. The molecule has 0 aromatic carbocycles. The highest BCUT2D eigenvalue weighted by Crippen LogP contribution is 2.12. The molecule has 7 nitrogen and oxygen atoms in total. The van der Waals surface area contributed by atoms with Gasteiger partial charge in [0.2, 0.25) is 0 Å². The van der Waals surface area contributed by atoms with Gasteiger partial charge in [-0.15, -0.1) is 10.2 Å².